The van der Waals surface area contributed by atoms with Gasteiger partial charge in [-0.1, -0.05) is 24.3 Å². The minimum Gasteiger partial charge on any atom is -0.504 e. The number of ketones is 1. The molecule has 33 heavy (non-hydrogen) atoms. The fraction of sp³-hybridized carbons (Fsp3) is 0.346. The van der Waals surface area contributed by atoms with Crippen LogP contribution < -0.4 is 14.2 Å². The number of carbonyl (C=O) groups excluding carboxylic acids is 1. The van der Waals surface area contributed by atoms with E-state index < -0.39 is 0 Å². The van der Waals surface area contributed by atoms with Crippen LogP contribution in [-0.4, -0.2) is 69.5 Å². The Morgan fingerprint density at radius 3 is 2.27 bits per heavy atom. The Morgan fingerprint density at radius 1 is 0.970 bits per heavy atom. The van der Waals surface area contributed by atoms with Crippen LogP contribution in [0.5, 0.6) is 23.0 Å². The van der Waals surface area contributed by atoms with E-state index in [1.54, 1.807) is 31.4 Å². The van der Waals surface area contributed by atoms with E-state index in [9.17, 15) is 9.90 Å². The van der Waals surface area contributed by atoms with Crippen molar-refractivity contribution in [2.24, 2.45) is 0 Å². The summed E-state index contributed by atoms with van der Waals surface area (Å²) in [5, 5.41) is 9.65. The quantitative estimate of drug-likeness (QED) is 0.410. The van der Waals surface area contributed by atoms with Gasteiger partial charge in [0.1, 0.15) is 0 Å². The van der Waals surface area contributed by atoms with Gasteiger partial charge in [-0.2, -0.15) is 0 Å². The highest BCUT2D eigenvalue weighted by atomic mass is 16.5. The van der Waals surface area contributed by atoms with Crippen molar-refractivity contribution in [3.63, 3.8) is 0 Å². The Balaban J connectivity index is 1.52. The monoisotopic (exact) mass is 453 g/mol. The zero-order valence-corrected chi connectivity index (χ0v) is 19.2. The van der Waals surface area contributed by atoms with Gasteiger partial charge < -0.3 is 24.1 Å². The average Bonchev–Trinajstić information content (AvgIpc) is 2.85. The molecule has 0 amide bonds. The van der Waals surface area contributed by atoms with Gasteiger partial charge in [0.15, 0.2) is 28.8 Å². The van der Waals surface area contributed by atoms with Crippen LogP contribution in [0.25, 0.3) is 12.2 Å². The van der Waals surface area contributed by atoms with Crippen LogP contribution in [0, 0.1) is 0 Å². The lowest BCUT2D eigenvalue weighted by atomic mass is 10.1. The van der Waals surface area contributed by atoms with Crippen molar-refractivity contribution in [1.29, 1.82) is 0 Å². The Kier molecular flexibility index (Phi) is 9.35. The number of phenols is 1. The van der Waals surface area contributed by atoms with E-state index in [2.05, 4.69) is 4.90 Å². The van der Waals surface area contributed by atoms with Gasteiger partial charge in [0.25, 0.3) is 0 Å². The number of benzene rings is 2. The zero-order valence-electron chi connectivity index (χ0n) is 19.2. The standard InChI is InChI=1S/C26H31NO6/c1-30-25-18-20(6-10-23(25)29)4-8-22(28)9-5-21-7-11-24(26(19-21)31-2)33-15-3-12-27-13-16-32-17-14-27/h4-11,18-19,29H,3,12-17H2,1-2H3/b8-4+,9-5+. The highest BCUT2D eigenvalue weighted by Crippen LogP contribution is 2.29. The van der Waals surface area contributed by atoms with Crippen LogP contribution in [0.15, 0.2) is 48.6 Å². The summed E-state index contributed by atoms with van der Waals surface area (Å²) in [5.41, 5.74) is 1.59. The van der Waals surface area contributed by atoms with Crippen molar-refractivity contribution >= 4 is 17.9 Å². The SMILES string of the molecule is COc1cc(/C=C/C(=O)/C=C/c2ccc(OCCCN3CCOCC3)c(OC)c2)ccc1O. The summed E-state index contributed by atoms with van der Waals surface area (Å²) in [7, 11) is 3.08. The minimum absolute atomic E-state index is 0.0550. The second kappa shape index (κ2) is 12.7. The van der Waals surface area contributed by atoms with Gasteiger partial charge >= 0.3 is 0 Å². The van der Waals surface area contributed by atoms with Crippen LogP contribution in [0.1, 0.15) is 17.5 Å². The molecule has 3 rings (SSSR count). The number of allylic oxidation sites excluding steroid dienone is 2. The molecule has 176 valence electrons. The first-order valence-corrected chi connectivity index (χ1v) is 11.0. The van der Waals surface area contributed by atoms with Crippen LogP contribution in [0.4, 0.5) is 0 Å². The molecule has 1 heterocycles. The second-order valence-electron chi connectivity index (χ2n) is 7.57. The van der Waals surface area contributed by atoms with Crippen molar-refractivity contribution in [2.45, 2.75) is 6.42 Å². The van der Waals surface area contributed by atoms with Crippen LogP contribution in [0.3, 0.4) is 0 Å². The number of phenolic OH excluding ortho intramolecular Hbond substituents is 1. The Bertz CT molecular complexity index is 979. The van der Waals surface area contributed by atoms with E-state index in [0.717, 1.165) is 50.4 Å². The normalized spacial score (nSPS) is 14.6. The molecule has 0 aliphatic carbocycles. The van der Waals surface area contributed by atoms with Crippen molar-refractivity contribution in [3.05, 3.63) is 59.7 Å². The highest BCUT2D eigenvalue weighted by Gasteiger charge is 2.10. The third kappa shape index (κ3) is 7.66. The van der Waals surface area contributed by atoms with Crippen molar-refractivity contribution in [2.75, 3.05) is 53.7 Å². The number of nitrogens with zero attached hydrogens (tertiary/aromatic N) is 1. The average molecular weight is 454 g/mol. The molecule has 0 saturated carbocycles. The number of methoxy groups -OCH3 is 2. The molecule has 2 aromatic rings. The van der Waals surface area contributed by atoms with Gasteiger partial charge in [0.05, 0.1) is 34.0 Å². The first-order chi connectivity index (χ1) is 16.1. The molecule has 0 atom stereocenters. The Hall–Kier alpha value is -3.29. The number of carbonyl (C=O) groups is 1. The third-order valence-electron chi connectivity index (χ3n) is 5.25. The minimum atomic E-state index is -0.163. The summed E-state index contributed by atoms with van der Waals surface area (Å²) in [6.07, 6.45) is 7.29. The number of rotatable bonds is 11. The molecule has 0 bridgehead atoms. The van der Waals surface area contributed by atoms with Gasteiger partial charge in [-0.25, -0.2) is 0 Å². The van der Waals surface area contributed by atoms with Gasteiger partial charge in [-0.05, 0) is 54.0 Å². The molecule has 1 aliphatic rings. The van der Waals surface area contributed by atoms with Gasteiger partial charge in [0.2, 0.25) is 0 Å². The number of morpholine rings is 1. The fourth-order valence-corrected chi connectivity index (χ4v) is 3.41. The zero-order chi connectivity index (χ0) is 23.5. The lowest BCUT2D eigenvalue weighted by Gasteiger charge is -2.26. The number of ether oxygens (including phenoxy) is 4. The first kappa shape index (κ1) is 24.4. The molecule has 7 nitrogen and oxygen atoms in total. The summed E-state index contributed by atoms with van der Waals surface area (Å²) in [4.78, 5) is 14.6. The molecule has 0 unspecified atom stereocenters. The molecule has 0 spiro atoms. The lowest BCUT2D eigenvalue weighted by Crippen LogP contribution is -2.37. The number of hydrogen-bond acceptors (Lipinski definition) is 7. The number of aromatic hydroxyl groups is 1. The van der Waals surface area contributed by atoms with Crippen LogP contribution in [0.2, 0.25) is 0 Å². The molecule has 1 aliphatic heterocycles. The van der Waals surface area contributed by atoms with Crippen molar-refractivity contribution in [1.82, 2.24) is 4.90 Å². The molecule has 0 radical (unpaired) electrons. The lowest BCUT2D eigenvalue weighted by molar-refractivity contribution is -0.110. The van der Waals surface area contributed by atoms with E-state index >= 15 is 0 Å². The molecule has 1 N–H and O–H groups in total. The third-order valence-corrected chi connectivity index (χ3v) is 5.25. The molecule has 2 aromatic carbocycles. The van der Waals surface area contributed by atoms with Crippen LogP contribution in [-0.2, 0) is 9.53 Å². The van der Waals surface area contributed by atoms with Crippen LogP contribution >= 0.6 is 0 Å². The summed E-state index contributed by atoms with van der Waals surface area (Å²) in [6, 6.07) is 10.5. The molecule has 1 fully saturated rings. The molecular formula is C26H31NO6. The first-order valence-electron chi connectivity index (χ1n) is 11.0. The van der Waals surface area contributed by atoms with Gasteiger partial charge in [-0.15, -0.1) is 0 Å². The maximum Gasteiger partial charge on any atom is 0.178 e. The largest absolute Gasteiger partial charge is 0.504 e. The van der Waals surface area contributed by atoms with Gasteiger partial charge in [0, 0.05) is 19.6 Å². The topological polar surface area (TPSA) is 77.5 Å². The predicted molar refractivity (Wildman–Crippen MR) is 128 cm³/mol. The second-order valence-corrected chi connectivity index (χ2v) is 7.57. The molecule has 0 aromatic heterocycles. The predicted octanol–water partition coefficient (Wildman–Crippen LogP) is 3.81. The molecule has 1 saturated heterocycles. The Labute approximate surface area is 194 Å². The fourth-order valence-electron chi connectivity index (χ4n) is 3.41. The maximum atomic E-state index is 12.2. The molecular weight excluding hydrogens is 422 g/mol. The molecule has 7 heteroatoms. The van der Waals surface area contributed by atoms with E-state index in [0.29, 0.717) is 23.9 Å². The summed E-state index contributed by atoms with van der Waals surface area (Å²) < 4.78 is 21.8. The van der Waals surface area contributed by atoms with Crippen molar-refractivity contribution in [3.8, 4) is 23.0 Å². The smallest absolute Gasteiger partial charge is 0.178 e. The maximum absolute atomic E-state index is 12.2. The summed E-state index contributed by atoms with van der Waals surface area (Å²) >= 11 is 0. The highest BCUT2D eigenvalue weighted by molar-refractivity contribution is 6.04. The summed E-state index contributed by atoms with van der Waals surface area (Å²) in [5.74, 6) is 1.56. The van der Waals surface area contributed by atoms with E-state index in [1.807, 2.05) is 18.2 Å². The van der Waals surface area contributed by atoms with E-state index in [4.69, 9.17) is 18.9 Å². The summed E-state index contributed by atoms with van der Waals surface area (Å²) in [6.45, 7) is 5.14. The Morgan fingerprint density at radius 2 is 1.61 bits per heavy atom. The van der Waals surface area contributed by atoms with Crippen molar-refractivity contribution < 1.29 is 28.8 Å². The number of hydrogen-bond donors (Lipinski definition) is 1. The van der Waals surface area contributed by atoms with Gasteiger partial charge in [-0.3, -0.25) is 9.69 Å². The van der Waals surface area contributed by atoms with E-state index in [-0.39, 0.29) is 11.5 Å². The van der Waals surface area contributed by atoms with E-state index in [1.165, 1.54) is 25.3 Å².